The molecule has 4 heteroatoms. The Morgan fingerprint density at radius 3 is 2.95 bits per heavy atom. The van der Waals surface area contributed by atoms with Crippen molar-refractivity contribution < 1.29 is 9.53 Å². The molecule has 1 aliphatic carbocycles. The molecule has 19 heavy (non-hydrogen) atoms. The van der Waals surface area contributed by atoms with Crippen molar-refractivity contribution in [1.82, 2.24) is 5.32 Å². The van der Waals surface area contributed by atoms with Crippen molar-refractivity contribution in [3.8, 4) is 0 Å². The lowest BCUT2D eigenvalue weighted by atomic mass is 10.1. The van der Waals surface area contributed by atoms with Crippen LogP contribution < -0.4 is 5.32 Å². The van der Waals surface area contributed by atoms with Crippen molar-refractivity contribution in [3.05, 3.63) is 29.3 Å². The van der Waals surface area contributed by atoms with Gasteiger partial charge in [-0.1, -0.05) is 17.7 Å². The van der Waals surface area contributed by atoms with Crippen LogP contribution in [0, 0.1) is 6.92 Å². The van der Waals surface area contributed by atoms with E-state index in [9.17, 15) is 4.79 Å². The summed E-state index contributed by atoms with van der Waals surface area (Å²) in [6.07, 6.45) is 2.58. The fraction of sp³-hybridized carbons (Fsp3) is 0.533. The van der Waals surface area contributed by atoms with E-state index in [-0.39, 0.29) is 5.97 Å². The Balaban J connectivity index is 1.94. The van der Waals surface area contributed by atoms with Crippen molar-refractivity contribution in [1.29, 1.82) is 0 Å². The van der Waals surface area contributed by atoms with Crippen LogP contribution >= 0.6 is 11.8 Å². The number of carbonyl (C=O) groups is 1. The molecule has 1 saturated carbocycles. The highest BCUT2D eigenvalue weighted by Gasteiger charge is 2.20. The van der Waals surface area contributed by atoms with E-state index < -0.39 is 0 Å². The van der Waals surface area contributed by atoms with Crippen LogP contribution in [0.4, 0.5) is 0 Å². The molecular formula is C15H21NO2S. The van der Waals surface area contributed by atoms with Gasteiger partial charge in [0.2, 0.25) is 0 Å². The normalized spacial score (nSPS) is 14.4. The summed E-state index contributed by atoms with van der Waals surface area (Å²) >= 11 is 1.56. The van der Waals surface area contributed by atoms with E-state index in [2.05, 4.69) is 30.4 Å². The van der Waals surface area contributed by atoms with Gasteiger partial charge in [-0.2, -0.15) is 0 Å². The molecule has 1 aliphatic rings. The number of nitrogens with one attached hydrogen (secondary N) is 1. The zero-order chi connectivity index (χ0) is 13.7. The molecule has 0 saturated heterocycles. The fourth-order valence-electron chi connectivity index (χ4n) is 1.87. The first-order valence-electron chi connectivity index (χ1n) is 6.80. The number of thioether (sulfide) groups is 1. The predicted octanol–water partition coefficient (Wildman–Crippen LogP) is 2.90. The molecule has 1 aromatic carbocycles. The second-order valence-corrected chi connectivity index (χ2v) is 5.88. The maximum Gasteiger partial charge on any atom is 0.316 e. The predicted molar refractivity (Wildman–Crippen MR) is 78.4 cm³/mol. The molecule has 1 N–H and O–H groups in total. The highest BCUT2D eigenvalue weighted by atomic mass is 32.2. The molecular weight excluding hydrogens is 258 g/mol. The Hall–Kier alpha value is -1.00. The molecule has 0 aromatic heterocycles. The van der Waals surface area contributed by atoms with Gasteiger partial charge in [-0.25, -0.2) is 0 Å². The molecule has 1 aromatic rings. The van der Waals surface area contributed by atoms with Gasteiger partial charge >= 0.3 is 5.97 Å². The number of hydrogen-bond donors (Lipinski definition) is 1. The van der Waals surface area contributed by atoms with Crippen LogP contribution in [0.5, 0.6) is 0 Å². The number of aryl methyl sites for hydroxylation is 1. The van der Waals surface area contributed by atoms with Crippen LogP contribution in [0.1, 0.15) is 30.9 Å². The van der Waals surface area contributed by atoms with Gasteiger partial charge in [0, 0.05) is 17.5 Å². The third-order valence-corrected chi connectivity index (χ3v) is 4.11. The van der Waals surface area contributed by atoms with Gasteiger partial charge in [0.1, 0.15) is 0 Å². The molecule has 0 unspecified atom stereocenters. The van der Waals surface area contributed by atoms with Gasteiger partial charge in [-0.3, -0.25) is 4.79 Å². The van der Waals surface area contributed by atoms with E-state index in [1.54, 1.807) is 11.8 Å². The number of esters is 1. The van der Waals surface area contributed by atoms with E-state index in [0.717, 1.165) is 6.54 Å². The minimum Gasteiger partial charge on any atom is -0.465 e. The zero-order valence-electron chi connectivity index (χ0n) is 11.6. The Kier molecular flexibility index (Phi) is 5.28. The minimum absolute atomic E-state index is 0.144. The Morgan fingerprint density at radius 1 is 1.47 bits per heavy atom. The second-order valence-electron chi connectivity index (χ2n) is 4.86. The molecule has 0 atom stereocenters. The summed E-state index contributed by atoms with van der Waals surface area (Å²) in [5.74, 6) is 0.238. The fourth-order valence-corrected chi connectivity index (χ4v) is 2.71. The Morgan fingerprint density at radius 2 is 2.26 bits per heavy atom. The molecule has 0 aliphatic heterocycles. The second kappa shape index (κ2) is 6.96. The third-order valence-electron chi connectivity index (χ3n) is 3.03. The van der Waals surface area contributed by atoms with Crippen LogP contribution in [0.3, 0.4) is 0 Å². The SMILES string of the molecule is CCOC(=O)CSc1ccc(C)cc1CNC1CC1. The monoisotopic (exact) mass is 279 g/mol. The van der Waals surface area contributed by atoms with Gasteiger partial charge in [0.25, 0.3) is 0 Å². The quantitative estimate of drug-likeness (QED) is 0.615. The molecule has 0 heterocycles. The van der Waals surface area contributed by atoms with Crippen LogP contribution in [-0.4, -0.2) is 24.4 Å². The summed E-state index contributed by atoms with van der Waals surface area (Å²) in [5, 5.41) is 3.52. The first-order valence-corrected chi connectivity index (χ1v) is 7.79. The number of benzene rings is 1. The molecule has 0 bridgehead atoms. The molecule has 3 nitrogen and oxygen atoms in total. The van der Waals surface area contributed by atoms with E-state index >= 15 is 0 Å². The maximum absolute atomic E-state index is 11.4. The van der Waals surface area contributed by atoms with Crippen molar-refractivity contribution in [2.75, 3.05) is 12.4 Å². The molecule has 0 radical (unpaired) electrons. The van der Waals surface area contributed by atoms with E-state index in [1.807, 2.05) is 6.92 Å². The molecule has 1 fully saturated rings. The van der Waals surface area contributed by atoms with Crippen LogP contribution in [0.15, 0.2) is 23.1 Å². The molecule has 2 rings (SSSR count). The maximum atomic E-state index is 11.4. The summed E-state index contributed by atoms with van der Waals surface area (Å²) in [4.78, 5) is 12.6. The van der Waals surface area contributed by atoms with Gasteiger partial charge in [-0.15, -0.1) is 11.8 Å². The van der Waals surface area contributed by atoms with Gasteiger partial charge in [-0.05, 0) is 38.3 Å². The summed E-state index contributed by atoms with van der Waals surface area (Å²) in [6.45, 7) is 5.26. The third kappa shape index (κ3) is 4.88. The van der Waals surface area contributed by atoms with Crippen LogP contribution in [-0.2, 0) is 16.1 Å². The molecule has 104 valence electrons. The average Bonchev–Trinajstić information content (AvgIpc) is 3.19. The van der Waals surface area contributed by atoms with Crippen molar-refractivity contribution in [3.63, 3.8) is 0 Å². The molecule has 0 spiro atoms. The minimum atomic E-state index is -0.144. The van der Waals surface area contributed by atoms with Crippen LogP contribution in [0.25, 0.3) is 0 Å². The largest absolute Gasteiger partial charge is 0.465 e. The summed E-state index contributed by atoms with van der Waals surface area (Å²) < 4.78 is 4.96. The van der Waals surface area contributed by atoms with Crippen molar-refractivity contribution in [2.45, 2.75) is 44.2 Å². The van der Waals surface area contributed by atoms with Gasteiger partial charge in [0.15, 0.2) is 0 Å². The molecule has 0 amide bonds. The van der Waals surface area contributed by atoms with E-state index in [0.29, 0.717) is 18.4 Å². The lowest BCUT2D eigenvalue weighted by Crippen LogP contribution is -2.16. The average molecular weight is 279 g/mol. The lowest BCUT2D eigenvalue weighted by Gasteiger charge is -2.11. The standard InChI is InChI=1S/C15H21NO2S/c1-3-18-15(17)10-19-14-7-4-11(2)8-12(14)9-16-13-5-6-13/h4,7-8,13,16H,3,5-6,9-10H2,1-2H3. The first-order chi connectivity index (χ1) is 9.19. The van der Waals surface area contributed by atoms with E-state index in [1.165, 1.54) is 28.9 Å². The Labute approximate surface area is 119 Å². The lowest BCUT2D eigenvalue weighted by molar-refractivity contribution is -0.139. The summed E-state index contributed by atoms with van der Waals surface area (Å²) in [6, 6.07) is 7.09. The number of carbonyl (C=O) groups excluding carboxylic acids is 1. The van der Waals surface area contributed by atoms with E-state index in [4.69, 9.17) is 4.74 Å². The smallest absolute Gasteiger partial charge is 0.316 e. The van der Waals surface area contributed by atoms with Crippen LogP contribution in [0.2, 0.25) is 0 Å². The van der Waals surface area contributed by atoms with Crippen molar-refractivity contribution in [2.24, 2.45) is 0 Å². The van der Waals surface area contributed by atoms with Gasteiger partial charge < -0.3 is 10.1 Å². The zero-order valence-corrected chi connectivity index (χ0v) is 12.4. The highest BCUT2D eigenvalue weighted by molar-refractivity contribution is 8.00. The van der Waals surface area contributed by atoms with Crippen molar-refractivity contribution >= 4 is 17.7 Å². The number of ether oxygens (including phenoxy) is 1. The summed E-state index contributed by atoms with van der Waals surface area (Å²) in [7, 11) is 0. The van der Waals surface area contributed by atoms with Gasteiger partial charge in [0.05, 0.1) is 12.4 Å². The number of rotatable bonds is 7. The first kappa shape index (κ1) is 14.4. The topological polar surface area (TPSA) is 38.3 Å². The highest BCUT2D eigenvalue weighted by Crippen LogP contribution is 2.26. The number of hydrogen-bond acceptors (Lipinski definition) is 4. The summed E-state index contributed by atoms with van der Waals surface area (Å²) in [5.41, 5.74) is 2.54. The Bertz CT molecular complexity index is 444.